The molecule has 0 saturated carbocycles. The molecule has 32 N–H and O–H groups in total. The largest absolute Gasteiger partial charge is 0.394 e. The lowest BCUT2D eigenvalue weighted by Gasteiger charge is -2.49. The van der Waals surface area contributed by atoms with Crippen LogP contribution in [0.15, 0.2) is 0 Å². The van der Waals surface area contributed by atoms with Gasteiger partial charge in [0.15, 0.2) is 62.9 Å². The molecule has 51 heteroatoms. The molecule has 0 aliphatic carbocycles. The van der Waals surface area contributed by atoms with Gasteiger partial charge in [-0.3, -0.25) is 0 Å². The highest BCUT2D eigenvalue weighted by molar-refractivity contribution is 5.02. The lowest BCUT2D eigenvalue weighted by molar-refractivity contribution is -0.401. The van der Waals surface area contributed by atoms with Crippen LogP contribution in [-0.4, -0.2) is 537 Å². The minimum Gasteiger partial charge on any atom is -0.394 e. The van der Waals surface area contributed by atoms with Crippen molar-refractivity contribution >= 4 is 0 Å². The van der Waals surface area contributed by atoms with Crippen LogP contribution in [0.25, 0.3) is 0 Å². The Bertz CT molecular complexity index is 2780. The van der Waals surface area contributed by atoms with Crippen molar-refractivity contribution in [1.82, 2.24) is 0 Å². The maximum atomic E-state index is 12.2. The molecule has 10 heterocycles. The van der Waals surface area contributed by atoms with E-state index in [1.807, 2.05) is 0 Å². The summed E-state index contributed by atoms with van der Waals surface area (Å²) >= 11 is 0. The van der Waals surface area contributed by atoms with Crippen molar-refractivity contribution < 1.29 is 253 Å². The summed E-state index contributed by atoms with van der Waals surface area (Å²) in [5.74, 6) is 0. The van der Waals surface area contributed by atoms with Crippen LogP contribution in [0, 0.1) is 0 Å². The maximum Gasteiger partial charge on any atom is 0.187 e. The Balaban J connectivity index is 0.923. The first-order valence-electron chi connectivity index (χ1n) is 35.2. The van der Waals surface area contributed by atoms with Gasteiger partial charge >= 0.3 is 0 Å². The highest BCUT2D eigenvalue weighted by Gasteiger charge is 2.60. The van der Waals surface area contributed by atoms with Crippen molar-refractivity contribution in [2.24, 2.45) is 0 Å². The molecule has 0 radical (unpaired) electrons. The van der Waals surface area contributed by atoms with E-state index in [-0.39, 0.29) is 0 Å². The Kier molecular flexibility index (Phi) is 32.4. The van der Waals surface area contributed by atoms with Crippen molar-refractivity contribution in [2.45, 2.75) is 307 Å². The minimum absolute atomic E-state index is 0.961. The highest BCUT2D eigenvalue weighted by atomic mass is 16.8. The molecule has 50 atom stereocenters. The zero-order chi connectivity index (χ0) is 81.4. The summed E-state index contributed by atoms with van der Waals surface area (Å²) in [4.78, 5) is 0. The van der Waals surface area contributed by atoms with Crippen molar-refractivity contribution in [3.8, 4) is 0 Å². The summed E-state index contributed by atoms with van der Waals surface area (Å²) in [6.07, 6.45) is -106. The molecule has 0 spiro atoms. The van der Waals surface area contributed by atoms with E-state index in [0.29, 0.717) is 0 Å². The van der Waals surface area contributed by atoms with Gasteiger partial charge in [-0.15, -0.1) is 0 Å². The van der Waals surface area contributed by atoms with Gasteiger partial charge in [0.2, 0.25) is 0 Å². The second-order valence-corrected chi connectivity index (χ2v) is 28.1. The zero-order valence-corrected chi connectivity index (χ0v) is 58.0. The molecule has 10 aliphatic rings. The number of hydrogen-bond donors (Lipinski definition) is 32. The number of hydrogen-bond acceptors (Lipinski definition) is 51. The van der Waals surface area contributed by atoms with Gasteiger partial charge in [0.05, 0.1) is 66.1 Å². The summed E-state index contributed by atoms with van der Waals surface area (Å²) < 4.78 is 109. The number of aliphatic hydroxyl groups excluding tert-OH is 32. The fourth-order valence-corrected chi connectivity index (χ4v) is 14.0. The number of aliphatic hydroxyl groups is 32. The first-order valence-corrected chi connectivity index (χ1v) is 35.2. The topological polar surface area (TPSA) is 823 Å². The summed E-state index contributed by atoms with van der Waals surface area (Å²) in [7, 11) is 0. The fourth-order valence-electron chi connectivity index (χ4n) is 14.0. The second-order valence-electron chi connectivity index (χ2n) is 28.1. The van der Waals surface area contributed by atoms with Crippen LogP contribution in [0.4, 0.5) is 0 Å². The van der Waals surface area contributed by atoms with Crippen LogP contribution in [0.3, 0.4) is 0 Å². The first-order chi connectivity index (χ1) is 52.6. The van der Waals surface area contributed by atoms with Gasteiger partial charge in [-0.1, -0.05) is 0 Å². The third kappa shape index (κ3) is 19.2. The Labute approximate surface area is 625 Å². The molecule has 10 fully saturated rings. The van der Waals surface area contributed by atoms with E-state index >= 15 is 0 Å². The van der Waals surface area contributed by atoms with Gasteiger partial charge in [-0.2, -0.15) is 0 Å². The molecule has 0 unspecified atom stereocenters. The van der Waals surface area contributed by atoms with E-state index in [1.165, 1.54) is 0 Å². The van der Waals surface area contributed by atoms with Crippen LogP contribution in [-0.2, 0) is 90.0 Å². The maximum absolute atomic E-state index is 12.2. The standard InChI is InChI=1S/C60H102O51/c61-1-11-21(68)31(78)41(88)52(97-11)107-46-36(83)25(72)15(5-65)101-56(46)94-9-19-30(77)40(87)48(111-60-50(38(85)27(74)17(7-67)103-60)110-55-44(91)34(81)24(71)14(4-64)100-55)58(105-19)95-10-20-29(76)39(86)47(108-53-42(89)32(79)22(69)12(2-62)98-53)57(104-20)93-8-18-28(75)35(82)45(51(92)96-18)106-59-49(37(84)26(73)16(6-66)102-59)109-54-43(90)33(80)23(70)13(3-63)99-54/h11-92H,1-10H2/t11-,12-,13-,14-,15-,16-,17+,18+,19-,20+,21-,22-,23-,24-,25-,26-,27+,28-,29-,30+,31-,32-,33-,34-,35+,36-,37-,38+,39-,40-,41-,42-,43-,44-,45-,46-,47-,48+,49-,50-,51-,52-,53-,54-,55-,56+,57-,58+,59-,60+/m0/s1. The van der Waals surface area contributed by atoms with Gasteiger partial charge in [-0.25, -0.2) is 0 Å². The molecule has 0 aromatic rings. The van der Waals surface area contributed by atoms with Crippen LogP contribution in [0.5, 0.6) is 0 Å². The first kappa shape index (κ1) is 91.3. The normalized spacial score (nSPS) is 53.7. The molecule has 10 saturated heterocycles. The average molecular weight is 1640 g/mol. The average Bonchev–Trinajstić information content (AvgIpc) is 0.779. The molecule has 10 rings (SSSR count). The molecular weight excluding hydrogens is 1540 g/mol. The van der Waals surface area contributed by atoms with Crippen LogP contribution in [0.2, 0.25) is 0 Å². The quantitative estimate of drug-likeness (QED) is 0.0346. The summed E-state index contributed by atoms with van der Waals surface area (Å²) in [6.45, 7) is -10.7. The predicted molar refractivity (Wildman–Crippen MR) is 330 cm³/mol. The minimum atomic E-state index is -2.48. The molecule has 0 bridgehead atoms. The molecule has 51 nitrogen and oxygen atoms in total. The third-order valence-corrected chi connectivity index (χ3v) is 20.8. The van der Waals surface area contributed by atoms with Crippen molar-refractivity contribution in [2.75, 3.05) is 66.1 Å². The molecule has 10 aliphatic heterocycles. The lowest BCUT2D eigenvalue weighted by Crippen LogP contribution is -2.67. The van der Waals surface area contributed by atoms with Gasteiger partial charge in [-0.05, 0) is 0 Å². The molecule has 648 valence electrons. The van der Waals surface area contributed by atoms with E-state index in [4.69, 9.17) is 90.0 Å². The number of ether oxygens (including phenoxy) is 19. The molecule has 111 heavy (non-hydrogen) atoms. The van der Waals surface area contributed by atoms with Crippen molar-refractivity contribution in [3.05, 3.63) is 0 Å². The van der Waals surface area contributed by atoms with Crippen LogP contribution < -0.4 is 0 Å². The van der Waals surface area contributed by atoms with Crippen molar-refractivity contribution in [1.29, 1.82) is 0 Å². The Hall–Kier alpha value is -2.04. The van der Waals surface area contributed by atoms with Gasteiger partial charge < -0.3 is 253 Å². The Morgan fingerprint density at radius 2 is 0.315 bits per heavy atom. The van der Waals surface area contributed by atoms with Gasteiger partial charge in [0, 0.05) is 0 Å². The van der Waals surface area contributed by atoms with E-state index in [9.17, 15) is 163 Å². The SMILES string of the molecule is OC[C@@H]1O[C@@H](O[C@@H]2[C@@H](O[C@H]3[C@H](OC[C@H]4O[C@H](OC[C@H]5O[C@H](O)[C@@H](O[C@@H]6O[C@@H](CO)[C@H](O)[C@H](O)[C@@H]6O[C@@H]6O[C@@H](CO)[C@H](O)[C@H](O)[C@@H]6O)[C@H](O)[C@H]5O)[C@@H](O[C@@H]5O[C@@H](CO)[C@H](O)[C@H](O)[C@@H]5O)[C@@H](O)[C@H]4O)O[C@@H](CO[C@@H]4O[C@@H](CO)[C@H](O)[C@H](O)[C@@H]4O[C@@H]4O[C@@H](CO)[C@H](O)[C@H](O)[C@@H]4O)[C@@H](O)[C@@H]3O)O[C@H](CO)[C@@H](O)[C@H]2O)[C@@H](O)[C@@H](O)[C@H]1O. The molecule has 0 amide bonds. The smallest absolute Gasteiger partial charge is 0.187 e. The van der Waals surface area contributed by atoms with E-state index in [1.54, 1.807) is 0 Å². The summed E-state index contributed by atoms with van der Waals surface area (Å²) in [5.41, 5.74) is 0. The van der Waals surface area contributed by atoms with Crippen LogP contribution in [0.1, 0.15) is 0 Å². The number of rotatable bonds is 28. The van der Waals surface area contributed by atoms with Gasteiger partial charge in [0.1, 0.15) is 244 Å². The van der Waals surface area contributed by atoms with E-state index in [0.717, 1.165) is 0 Å². The van der Waals surface area contributed by atoms with Gasteiger partial charge in [0.25, 0.3) is 0 Å². The Morgan fingerprint density at radius 3 is 0.559 bits per heavy atom. The Morgan fingerprint density at radius 1 is 0.153 bits per heavy atom. The summed E-state index contributed by atoms with van der Waals surface area (Å²) in [5, 5.41) is 348. The van der Waals surface area contributed by atoms with Crippen LogP contribution >= 0.6 is 0 Å². The molecule has 0 aromatic carbocycles. The predicted octanol–water partition coefficient (Wildman–Crippen LogP) is -22.8. The highest BCUT2D eigenvalue weighted by Crippen LogP contribution is 2.40. The lowest BCUT2D eigenvalue weighted by atomic mass is 9.96. The molecule has 0 aromatic heterocycles. The summed E-state index contributed by atoms with van der Waals surface area (Å²) in [6, 6.07) is 0. The third-order valence-electron chi connectivity index (χ3n) is 20.8. The van der Waals surface area contributed by atoms with Crippen molar-refractivity contribution in [3.63, 3.8) is 0 Å². The zero-order valence-electron chi connectivity index (χ0n) is 58.0. The second kappa shape index (κ2) is 39.4. The monoisotopic (exact) mass is 1640 g/mol. The van der Waals surface area contributed by atoms with E-state index in [2.05, 4.69) is 0 Å². The molecular formula is C60H102O51. The van der Waals surface area contributed by atoms with E-state index < -0.39 is 373 Å². The fraction of sp³-hybridized carbons (Fsp3) is 1.00.